The minimum absolute atomic E-state index is 0.121. The number of pyridine rings is 1. The second-order valence-electron chi connectivity index (χ2n) is 7.26. The van der Waals surface area contributed by atoms with E-state index >= 15 is 0 Å². The quantitative estimate of drug-likeness (QED) is 0.662. The molecule has 1 aliphatic heterocycles. The van der Waals surface area contributed by atoms with Gasteiger partial charge in [-0.2, -0.15) is 5.10 Å². The van der Waals surface area contributed by atoms with E-state index in [-0.39, 0.29) is 5.91 Å². The Bertz CT molecular complexity index is 1010. The standard InChI is InChI=1S/C22H24ClN5O/c1-16-22(17(2)28(25-16)20-9-5-6-10-24-20)27-13-11-26(12-14-27)21(29)15-18-7-3-4-8-19(18)23/h3-10H,11-15H2,1-2H3. The Balaban J connectivity index is 1.44. The van der Waals surface area contributed by atoms with Crippen LogP contribution in [0.15, 0.2) is 48.7 Å². The van der Waals surface area contributed by atoms with Gasteiger partial charge < -0.3 is 9.80 Å². The lowest BCUT2D eigenvalue weighted by atomic mass is 10.1. The van der Waals surface area contributed by atoms with Crippen molar-refractivity contribution in [2.24, 2.45) is 0 Å². The summed E-state index contributed by atoms with van der Waals surface area (Å²) >= 11 is 6.20. The summed E-state index contributed by atoms with van der Waals surface area (Å²) in [5.41, 5.74) is 4.06. The van der Waals surface area contributed by atoms with Crippen LogP contribution in [0.3, 0.4) is 0 Å². The van der Waals surface area contributed by atoms with Crippen LogP contribution in [-0.2, 0) is 11.2 Å². The van der Waals surface area contributed by atoms with E-state index in [1.165, 1.54) is 0 Å². The first-order chi connectivity index (χ1) is 14.0. The summed E-state index contributed by atoms with van der Waals surface area (Å²) in [6.07, 6.45) is 2.12. The molecule has 1 saturated heterocycles. The zero-order chi connectivity index (χ0) is 20.4. The Kier molecular flexibility index (Phi) is 5.53. The Morgan fingerprint density at radius 2 is 1.76 bits per heavy atom. The van der Waals surface area contributed by atoms with E-state index in [2.05, 4.69) is 16.8 Å². The smallest absolute Gasteiger partial charge is 0.227 e. The maximum atomic E-state index is 12.7. The zero-order valence-electron chi connectivity index (χ0n) is 16.7. The molecule has 0 unspecified atom stereocenters. The van der Waals surface area contributed by atoms with Gasteiger partial charge in [-0.05, 0) is 37.6 Å². The lowest BCUT2D eigenvalue weighted by Gasteiger charge is -2.36. The van der Waals surface area contributed by atoms with E-state index in [9.17, 15) is 4.79 Å². The van der Waals surface area contributed by atoms with E-state index in [0.717, 1.165) is 41.5 Å². The highest BCUT2D eigenvalue weighted by Crippen LogP contribution is 2.27. The van der Waals surface area contributed by atoms with Crippen LogP contribution in [0.1, 0.15) is 17.0 Å². The van der Waals surface area contributed by atoms with Crippen molar-refractivity contribution in [3.8, 4) is 5.82 Å². The van der Waals surface area contributed by atoms with Crippen LogP contribution in [-0.4, -0.2) is 51.8 Å². The molecule has 150 valence electrons. The third-order valence-electron chi connectivity index (χ3n) is 5.37. The van der Waals surface area contributed by atoms with Gasteiger partial charge in [-0.15, -0.1) is 0 Å². The minimum Gasteiger partial charge on any atom is -0.365 e. The third kappa shape index (κ3) is 3.98. The summed E-state index contributed by atoms with van der Waals surface area (Å²) in [6.45, 7) is 7.04. The minimum atomic E-state index is 0.121. The summed E-state index contributed by atoms with van der Waals surface area (Å²) in [5, 5.41) is 5.34. The molecule has 6 nitrogen and oxygen atoms in total. The van der Waals surface area contributed by atoms with Gasteiger partial charge in [0.25, 0.3) is 0 Å². The van der Waals surface area contributed by atoms with Crippen LogP contribution in [0, 0.1) is 13.8 Å². The van der Waals surface area contributed by atoms with Crippen molar-refractivity contribution < 1.29 is 4.79 Å². The predicted octanol–water partition coefficient (Wildman–Crippen LogP) is 3.43. The van der Waals surface area contributed by atoms with Crippen molar-refractivity contribution in [2.45, 2.75) is 20.3 Å². The highest BCUT2D eigenvalue weighted by molar-refractivity contribution is 6.31. The Hall–Kier alpha value is -2.86. The van der Waals surface area contributed by atoms with Gasteiger partial charge in [-0.1, -0.05) is 35.9 Å². The van der Waals surface area contributed by atoms with Gasteiger partial charge in [-0.25, -0.2) is 9.67 Å². The zero-order valence-corrected chi connectivity index (χ0v) is 17.4. The molecule has 1 aromatic carbocycles. The highest BCUT2D eigenvalue weighted by atomic mass is 35.5. The average Bonchev–Trinajstić information content (AvgIpc) is 3.04. The van der Waals surface area contributed by atoms with E-state index < -0.39 is 0 Å². The Morgan fingerprint density at radius 1 is 1.03 bits per heavy atom. The van der Waals surface area contributed by atoms with Gasteiger partial charge in [0.05, 0.1) is 23.5 Å². The van der Waals surface area contributed by atoms with Crippen molar-refractivity contribution in [1.29, 1.82) is 0 Å². The van der Waals surface area contributed by atoms with Gasteiger partial charge in [-0.3, -0.25) is 4.79 Å². The summed E-state index contributed by atoms with van der Waals surface area (Å²) in [6, 6.07) is 13.3. The average molecular weight is 410 g/mol. The molecule has 3 aromatic rings. The lowest BCUT2D eigenvalue weighted by Crippen LogP contribution is -2.49. The number of amides is 1. The van der Waals surface area contributed by atoms with E-state index in [1.807, 2.05) is 59.0 Å². The number of piperazine rings is 1. The van der Waals surface area contributed by atoms with Crippen molar-refractivity contribution in [3.63, 3.8) is 0 Å². The molecule has 0 aliphatic carbocycles. The topological polar surface area (TPSA) is 54.3 Å². The SMILES string of the molecule is Cc1nn(-c2ccccn2)c(C)c1N1CCN(C(=O)Cc2ccccc2Cl)CC1. The predicted molar refractivity (Wildman–Crippen MR) is 115 cm³/mol. The molecule has 2 aromatic heterocycles. The maximum absolute atomic E-state index is 12.7. The molecule has 29 heavy (non-hydrogen) atoms. The van der Waals surface area contributed by atoms with Crippen molar-refractivity contribution >= 4 is 23.2 Å². The fraction of sp³-hybridized carbons (Fsp3) is 0.318. The van der Waals surface area contributed by atoms with Crippen LogP contribution < -0.4 is 4.90 Å². The van der Waals surface area contributed by atoms with Gasteiger partial charge in [0.1, 0.15) is 0 Å². The highest BCUT2D eigenvalue weighted by Gasteiger charge is 2.26. The fourth-order valence-electron chi connectivity index (χ4n) is 3.89. The summed E-state index contributed by atoms with van der Waals surface area (Å²) < 4.78 is 1.89. The number of hydrogen-bond acceptors (Lipinski definition) is 4. The van der Waals surface area contributed by atoms with Crippen LogP contribution in [0.25, 0.3) is 5.82 Å². The van der Waals surface area contributed by atoms with E-state index in [1.54, 1.807) is 6.20 Å². The first-order valence-corrected chi connectivity index (χ1v) is 10.2. The molecular weight excluding hydrogens is 386 g/mol. The molecule has 0 spiro atoms. The number of anilines is 1. The second kappa shape index (κ2) is 8.25. The molecule has 0 N–H and O–H groups in total. The van der Waals surface area contributed by atoms with Crippen LogP contribution in [0.4, 0.5) is 5.69 Å². The van der Waals surface area contributed by atoms with Crippen molar-refractivity contribution in [3.05, 3.63) is 70.6 Å². The molecule has 4 rings (SSSR count). The number of carbonyl (C=O) groups is 1. The fourth-order valence-corrected chi connectivity index (χ4v) is 4.09. The maximum Gasteiger partial charge on any atom is 0.227 e. The summed E-state index contributed by atoms with van der Waals surface area (Å²) in [5.74, 6) is 0.934. The number of aromatic nitrogens is 3. The molecule has 0 bridgehead atoms. The molecule has 7 heteroatoms. The molecule has 1 amide bonds. The molecule has 0 atom stereocenters. The van der Waals surface area contributed by atoms with Crippen molar-refractivity contribution in [1.82, 2.24) is 19.7 Å². The molecule has 0 saturated carbocycles. The Morgan fingerprint density at radius 3 is 2.45 bits per heavy atom. The molecule has 1 aliphatic rings. The molecule has 0 radical (unpaired) electrons. The van der Waals surface area contributed by atoms with Crippen LogP contribution >= 0.6 is 11.6 Å². The Labute approximate surface area is 175 Å². The first kappa shape index (κ1) is 19.5. The van der Waals surface area contributed by atoms with Crippen LogP contribution in [0.2, 0.25) is 5.02 Å². The summed E-state index contributed by atoms with van der Waals surface area (Å²) in [4.78, 5) is 21.4. The van der Waals surface area contributed by atoms with E-state index in [4.69, 9.17) is 16.7 Å². The van der Waals surface area contributed by atoms with Gasteiger partial charge >= 0.3 is 0 Å². The van der Waals surface area contributed by atoms with Crippen molar-refractivity contribution in [2.75, 3.05) is 31.1 Å². The normalized spacial score (nSPS) is 14.3. The lowest BCUT2D eigenvalue weighted by molar-refractivity contribution is -0.130. The van der Waals surface area contributed by atoms with Gasteiger partial charge in [0, 0.05) is 37.4 Å². The molecular formula is C22H24ClN5O. The number of hydrogen-bond donors (Lipinski definition) is 0. The molecule has 3 heterocycles. The third-order valence-corrected chi connectivity index (χ3v) is 5.74. The largest absolute Gasteiger partial charge is 0.365 e. The number of carbonyl (C=O) groups excluding carboxylic acids is 1. The number of aryl methyl sites for hydroxylation is 1. The first-order valence-electron chi connectivity index (χ1n) is 9.78. The number of halogens is 1. The molecule has 1 fully saturated rings. The number of rotatable bonds is 4. The monoisotopic (exact) mass is 409 g/mol. The van der Waals surface area contributed by atoms with E-state index in [0.29, 0.717) is 24.5 Å². The number of benzene rings is 1. The van der Waals surface area contributed by atoms with Gasteiger partial charge in [0.2, 0.25) is 5.91 Å². The summed E-state index contributed by atoms with van der Waals surface area (Å²) in [7, 11) is 0. The second-order valence-corrected chi connectivity index (χ2v) is 7.66. The van der Waals surface area contributed by atoms with Gasteiger partial charge in [0.15, 0.2) is 5.82 Å². The van der Waals surface area contributed by atoms with Crippen LogP contribution in [0.5, 0.6) is 0 Å². The number of nitrogens with zero attached hydrogens (tertiary/aromatic N) is 5.